The Morgan fingerprint density at radius 1 is 1.18 bits per heavy atom. The number of methoxy groups -OCH3 is 1. The zero-order valence-electron chi connectivity index (χ0n) is 9.08. The summed E-state index contributed by atoms with van der Waals surface area (Å²) < 4.78 is 7.02. The molecule has 0 aliphatic heterocycles. The Hall–Kier alpha value is -1.07. The van der Waals surface area contributed by atoms with Crippen LogP contribution in [0.4, 0.5) is 11.4 Å². The quantitative estimate of drug-likeness (QED) is 0.886. The van der Waals surface area contributed by atoms with Crippen LogP contribution in [-0.2, 0) is 0 Å². The van der Waals surface area contributed by atoms with Crippen LogP contribution in [0.2, 0.25) is 0 Å². The first-order chi connectivity index (χ1) is 8.20. The Bertz CT molecular complexity index is 532. The van der Waals surface area contributed by atoms with Crippen molar-refractivity contribution in [1.82, 2.24) is 4.98 Å². The molecule has 2 aromatic rings. The van der Waals surface area contributed by atoms with E-state index in [9.17, 15) is 0 Å². The van der Waals surface area contributed by atoms with E-state index in [-0.39, 0.29) is 0 Å². The molecule has 1 heterocycles. The third-order valence-corrected chi connectivity index (χ3v) is 3.45. The van der Waals surface area contributed by atoms with Crippen molar-refractivity contribution in [3.8, 4) is 5.75 Å². The van der Waals surface area contributed by atoms with Crippen molar-refractivity contribution in [2.24, 2.45) is 0 Å². The van der Waals surface area contributed by atoms with Gasteiger partial charge in [0.1, 0.15) is 5.75 Å². The van der Waals surface area contributed by atoms with Gasteiger partial charge in [-0.2, -0.15) is 0 Å². The third kappa shape index (κ3) is 2.98. The molecular weight excluding hydrogens is 348 g/mol. The molecule has 0 bridgehead atoms. The highest BCUT2D eigenvalue weighted by Gasteiger charge is 2.03. The summed E-state index contributed by atoms with van der Waals surface area (Å²) in [5.41, 5.74) is 1.95. The van der Waals surface area contributed by atoms with Crippen LogP contribution < -0.4 is 10.1 Å². The first-order valence-electron chi connectivity index (χ1n) is 4.91. The van der Waals surface area contributed by atoms with Crippen molar-refractivity contribution >= 4 is 43.2 Å². The molecule has 88 valence electrons. The number of ether oxygens (including phenoxy) is 1. The van der Waals surface area contributed by atoms with Crippen molar-refractivity contribution in [1.29, 1.82) is 0 Å². The molecule has 0 aliphatic rings. The zero-order chi connectivity index (χ0) is 12.3. The molecule has 1 aromatic carbocycles. The maximum Gasteiger partial charge on any atom is 0.133 e. The van der Waals surface area contributed by atoms with Crippen molar-refractivity contribution in [2.75, 3.05) is 12.4 Å². The minimum atomic E-state index is 0.810. The molecule has 0 fully saturated rings. The van der Waals surface area contributed by atoms with Gasteiger partial charge in [-0.25, -0.2) is 0 Å². The predicted octanol–water partition coefficient (Wildman–Crippen LogP) is 4.36. The molecule has 0 atom stereocenters. The van der Waals surface area contributed by atoms with Crippen molar-refractivity contribution in [3.63, 3.8) is 0 Å². The van der Waals surface area contributed by atoms with Crippen LogP contribution in [0.25, 0.3) is 0 Å². The second-order valence-electron chi connectivity index (χ2n) is 3.33. The van der Waals surface area contributed by atoms with Gasteiger partial charge in [-0.1, -0.05) is 0 Å². The first kappa shape index (κ1) is 12.4. The predicted molar refractivity (Wildman–Crippen MR) is 75.9 cm³/mol. The highest BCUT2D eigenvalue weighted by Crippen LogP contribution is 2.30. The number of hydrogen-bond donors (Lipinski definition) is 1. The van der Waals surface area contributed by atoms with Gasteiger partial charge >= 0.3 is 0 Å². The second-order valence-corrected chi connectivity index (χ2v) is 5.04. The lowest BCUT2D eigenvalue weighted by Crippen LogP contribution is -1.93. The Morgan fingerprint density at radius 3 is 2.65 bits per heavy atom. The average Bonchev–Trinajstić information content (AvgIpc) is 2.32. The lowest BCUT2D eigenvalue weighted by Gasteiger charge is -2.10. The first-order valence-corrected chi connectivity index (χ1v) is 6.49. The highest BCUT2D eigenvalue weighted by atomic mass is 79.9. The van der Waals surface area contributed by atoms with Gasteiger partial charge in [0.05, 0.1) is 21.7 Å². The largest absolute Gasteiger partial charge is 0.496 e. The maximum absolute atomic E-state index is 5.18. The zero-order valence-corrected chi connectivity index (χ0v) is 12.2. The van der Waals surface area contributed by atoms with Crippen molar-refractivity contribution in [2.45, 2.75) is 0 Å². The fraction of sp³-hybridized carbons (Fsp3) is 0.0833. The fourth-order valence-electron chi connectivity index (χ4n) is 1.38. The normalized spacial score (nSPS) is 10.1. The van der Waals surface area contributed by atoms with E-state index in [0.29, 0.717) is 0 Å². The maximum atomic E-state index is 5.18. The fourth-order valence-corrected chi connectivity index (χ4v) is 2.27. The lowest BCUT2D eigenvalue weighted by atomic mass is 10.3. The van der Waals surface area contributed by atoms with E-state index in [4.69, 9.17) is 4.74 Å². The molecule has 0 unspecified atom stereocenters. The minimum Gasteiger partial charge on any atom is -0.496 e. The SMILES string of the molecule is COc1ccc(Nc2ccncc2Br)cc1Br. The Labute approximate surface area is 116 Å². The molecule has 1 aromatic heterocycles. The van der Waals surface area contributed by atoms with Crippen LogP contribution in [0.3, 0.4) is 0 Å². The van der Waals surface area contributed by atoms with Crippen LogP contribution >= 0.6 is 31.9 Å². The van der Waals surface area contributed by atoms with Gasteiger partial charge in [-0.3, -0.25) is 4.98 Å². The average molecular weight is 358 g/mol. The van der Waals surface area contributed by atoms with Gasteiger partial charge in [0, 0.05) is 18.1 Å². The molecule has 0 aliphatic carbocycles. The van der Waals surface area contributed by atoms with Gasteiger partial charge < -0.3 is 10.1 Å². The molecule has 0 spiro atoms. The topological polar surface area (TPSA) is 34.1 Å². The number of nitrogens with zero attached hydrogens (tertiary/aromatic N) is 1. The number of nitrogens with one attached hydrogen (secondary N) is 1. The molecule has 0 amide bonds. The highest BCUT2D eigenvalue weighted by molar-refractivity contribution is 9.11. The van der Waals surface area contributed by atoms with Crippen LogP contribution in [0.5, 0.6) is 5.75 Å². The van der Waals surface area contributed by atoms with Crippen LogP contribution in [-0.4, -0.2) is 12.1 Å². The molecule has 0 radical (unpaired) electrons. The van der Waals surface area contributed by atoms with Gasteiger partial charge in [-0.05, 0) is 56.1 Å². The van der Waals surface area contributed by atoms with Crippen molar-refractivity contribution < 1.29 is 4.74 Å². The van der Waals surface area contributed by atoms with E-state index in [0.717, 1.165) is 26.1 Å². The Kier molecular flexibility index (Phi) is 4.02. The number of benzene rings is 1. The minimum absolute atomic E-state index is 0.810. The smallest absolute Gasteiger partial charge is 0.133 e. The summed E-state index contributed by atoms with van der Waals surface area (Å²) in [5, 5.41) is 3.29. The molecule has 2 rings (SSSR count). The van der Waals surface area contributed by atoms with Crippen LogP contribution in [0, 0.1) is 0 Å². The summed E-state index contributed by atoms with van der Waals surface area (Å²) in [5.74, 6) is 0.810. The number of anilines is 2. The summed E-state index contributed by atoms with van der Waals surface area (Å²) in [7, 11) is 1.65. The number of halogens is 2. The standard InChI is InChI=1S/C12H10Br2N2O/c1-17-12-3-2-8(6-9(12)13)16-11-4-5-15-7-10(11)14/h2-7H,1H3,(H,15,16). The lowest BCUT2D eigenvalue weighted by molar-refractivity contribution is 0.412. The molecule has 17 heavy (non-hydrogen) atoms. The number of hydrogen-bond acceptors (Lipinski definition) is 3. The summed E-state index contributed by atoms with van der Waals surface area (Å²) in [6.07, 6.45) is 3.49. The van der Waals surface area contributed by atoms with E-state index in [1.807, 2.05) is 24.3 Å². The summed E-state index contributed by atoms with van der Waals surface area (Å²) in [6.45, 7) is 0. The van der Waals surface area contributed by atoms with Gasteiger partial charge in [-0.15, -0.1) is 0 Å². The van der Waals surface area contributed by atoms with Crippen LogP contribution in [0.1, 0.15) is 0 Å². The Balaban J connectivity index is 2.25. The molecule has 0 saturated carbocycles. The van der Waals surface area contributed by atoms with E-state index < -0.39 is 0 Å². The molecule has 1 N–H and O–H groups in total. The van der Waals surface area contributed by atoms with E-state index in [1.54, 1.807) is 19.5 Å². The van der Waals surface area contributed by atoms with Crippen molar-refractivity contribution in [3.05, 3.63) is 45.6 Å². The summed E-state index contributed by atoms with van der Waals surface area (Å²) in [4.78, 5) is 4.02. The summed E-state index contributed by atoms with van der Waals surface area (Å²) >= 11 is 6.89. The summed E-state index contributed by atoms with van der Waals surface area (Å²) in [6, 6.07) is 7.73. The van der Waals surface area contributed by atoms with Crippen LogP contribution in [0.15, 0.2) is 45.6 Å². The molecule has 5 heteroatoms. The molecule has 3 nitrogen and oxygen atoms in total. The second kappa shape index (κ2) is 5.51. The van der Waals surface area contributed by atoms with Gasteiger partial charge in [0.15, 0.2) is 0 Å². The number of aromatic nitrogens is 1. The van der Waals surface area contributed by atoms with Gasteiger partial charge in [0.25, 0.3) is 0 Å². The molecular formula is C12H10Br2N2O. The monoisotopic (exact) mass is 356 g/mol. The van der Waals surface area contributed by atoms with Gasteiger partial charge in [0.2, 0.25) is 0 Å². The third-order valence-electron chi connectivity index (χ3n) is 2.20. The molecule has 0 saturated heterocycles. The number of pyridine rings is 1. The Morgan fingerprint density at radius 2 is 2.00 bits per heavy atom. The van der Waals surface area contributed by atoms with E-state index >= 15 is 0 Å². The number of rotatable bonds is 3. The van der Waals surface area contributed by atoms with E-state index in [1.165, 1.54) is 0 Å². The van der Waals surface area contributed by atoms with E-state index in [2.05, 4.69) is 42.2 Å².